The Morgan fingerprint density at radius 3 is 2.78 bits per heavy atom. The molecule has 1 aliphatic carbocycles. The minimum Gasteiger partial charge on any atom is -0.336 e. The molecule has 1 aromatic carbocycles. The molecule has 0 bridgehead atoms. The summed E-state index contributed by atoms with van der Waals surface area (Å²) in [7, 11) is 0. The highest BCUT2D eigenvalue weighted by Crippen LogP contribution is 2.41. The van der Waals surface area contributed by atoms with E-state index in [9.17, 15) is 9.18 Å². The van der Waals surface area contributed by atoms with Gasteiger partial charge in [-0.3, -0.25) is 9.78 Å². The van der Waals surface area contributed by atoms with E-state index in [1.54, 1.807) is 19.2 Å². The van der Waals surface area contributed by atoms with Crippen LogP contribution in [0.15, 0.2) is 48.7 Å². The molecule has 0 radical (unpaired) electrons. The molecule has 0 spiro atoms. The van der Waals surface area contributed by atoms with Crippen LogP contribution in [0.25, 0.3) is 17.2 Å². The Morgan fingerprint density at radius 1 is 1.19 bits per heavy atom. The quantitative estimate of drug-likeness (QED) is 0.773. The van der Waals surface area contributed by atoms with E-state index < -0.39 is 0 Å². The number of nitrogens with zero attached hydrogens (tertiary/aromatic N) is 2. The SMILES string of the molecule is CC(=O)N1C[C@@H]2CCCC[C@@H]2[C@@H]1C=Cc1ccc(-c2cccc(F)c2)cn1. The number of pyridine rings is 1. The molecule has 2 fully saturated rings. The van der Waals surface area contributed by atoms with Gasteiger partial charge in [-0.15, -0.1) is 0 Å². The van der Waals surface area contributed by atoms with Crippen LogP contribution in [-0.2, 0) is 4.79 Å². The highest BCUT2D eigenvalue weighted by molar-refractivity contribution is 5.74. The second kappa shape index (κ2) is 7.63. The maximum Gasteiger partial charge on any atom is 0.219 e. The number of aromatic nitrogens is 1. The van der Waals surface area contributed by atoms with Crippen LogP contribution in [-0.4, -0.2) is 28.4 Å². The highest BCUT2D eigenvalue weighted by atomic mass is 19.1. The van der Waals surface area contributed by atoms with Crippen molar-refractivity contribution in [2.75, 3.05) is 6.54 Å². The van der Waals surface area contributed by atoms with Gasteiger partial charge in [0.25, 0.3) is 0 Å². The molecule has 1 amide bonds. The molecule has 4 heteroatoms. The Hall–Kier alpha value is -2.49. The van der Waals surface area contributed by atoms with E-state index >= 15 is 0 Å². The van der Waals surface area contributed by atoms with Crippen molar-refractivity contribution >= 4 is 12.0 Å². The number of hydrogen-bond donors (Lipinski definition) is 0. The first-order valence-corrected chi connectivity index (χ1v) is 9.79. The highest BCUT2D eigenvalue weighted by Gasteiger charge is 2.42. The maximum absolute atomic E-state index is 13.4. The number of amides is 1. The molecule has 2 heterocycles. The Morgan fingerprint density at radius 2 is 2.04 bits per heavy atom. The Balaban J connectivity index is 1.52. The van der Waals surface area contributed by atoms with Gasteiger partial charge in [0.1, 0.15) is 5.82 Å². The average molecular weight is 364 g/mol. The summed E-state index contributed by atoms with van der Waals surface area (Å²) in [6.45, 7) is 2.56. The van der Waals surface area contributed by atoms with Crippen molar-refractivity contribution in [3.8, 4) is 11.1 Å². The number of hydrogen-bond acceptors (Lipinski definition) is 2. The molecule has 2 aromatic rings. The fourth-order valence-corrected chi connectivity index (χ4v) is 4.64. The fourth-order valence-electron chi connectivity index (χ4n) is 4.64. The lowest BCUT2D eigenvalue weighted by atomic mass is 9.78. The number of benzene rings is 1. The van der Waals surface area contributed by atoms with Crippen LogP contribution < -0.4 is 0 Å². The van der Waals surface area contributed by atoms with E-state index in [1.165, 1.54) is 37.8 Å². The zero-order chi connectivity index (χ0) is 18.8. The Labute approximate surface area is 159 Å². The predicted octanol–water partition coefficient (Wildman–Crippen LogP) is 4.94. The summed E-state index contributed by atoms with van der Waals surface area (Å²) in [5.74, 6) is 1.13. The second-order valence-corrected chi connectivity index (χ2v) is 7.71. The van der Waals surface area contributed by atoms with E-state index in [0.717, 1.165) is 23.4 Å². The minimum absolute atomic E-state index is 0.161. The second-order valence-electron chi connectivity index (χ2n) is 7.71. The van der Waals surface area contributed by atoms with Crippen molar-refractivity contribution in [3.05, 3.63) is 60.2 Å². The van der Waals surface area contributed by atoms with Gasteiger partial charge in [-0.25, -0.2) is 4.39 Å². The molecule has 1 aliphatic heterocycles. The van der Waals surface area contributed by atoms with Crippen LogP contribution >= 0.6 is 0 Å². The van der Waals surface area contributed by atoms with Gasteiger partial charge < -0.3 is 4.90 Å². The molecule has 27 heavy (non-hydrogen) atoms. The third kappa shape index (κ3) is 3.80. The van der Waals surface area contributed by atoms with E-state index in [0.29, 0.717) is 11.8 Å². The van der Waals surface area contributed by atoms with Crippen LogP contribution in [0.5, 0.6) is 0 Å². The van der Waals surface area contributed by atoms with Crippen molar-refractivity contribution in [1.82, 2.24) is 9.88 Å². The van der Waals surface area contributed by atoms with Crippen LogP contribution in [0.3, 0.4) is 0 Å². The van der Waals surface area contributed by atoms with Crippen molar-refractivity contribution < 1.29 is 9.18 Å². The Kier molecular flexibility index (Phi) is 5.06. The van der Waals surface area contributed by atoms with Crippen molar-refractivity contribution in [2.45, 2.75) is 38.6 Å². The maximum atomic E-state index is 13.4. The molecule has 1 saturated carbocycles. The topological polar surface area (TPSA) is 33.2 Å². The number of rotatable bonds is 3. The minimum atomic E-state index is -0.246. The first-order valence-electron chi connectivity index (χ1n) is 9.79. The molecule has 2 aliphatic rings. The summed E-state index contributed by atoms with van der Waals surface area (Å²) in [6.07, 6.45) is 10.9. The van der Waals surface area contributed by atoms with Gasteiger partial charge in [0.2, 0.25) is 5.91 Å². The smallest absolute Gasteiger partial charge is 0.219 e. The number of halogens is 1. The van der Waals surface area contributed by atoms with Gasteiger partial charge in [0.05, 0.1) is 11.7 Å². The number of carbonyl (C=O) groups is 1. The first kappa shape index (κ1) is 17.9. The number of fused-ring (bicyclic) bond motifs is 1. The molecule has 0 N–H and O–H groups in total. The molecule has 3 atom stereocenters. The van der Waals surface area contributed by atoms with Crippen LogP contribution in [0.4, 0.5) is 4.39 Å². The van der Waals surface area contributed by atoms with Gasteiger partial charge in [-0.05, 0) is 54.5 Å². The molecule has 3 nitrogen and oxygen atoms in total. The summed E-state index contributed by atoms with van der Waals surface area (Å²) >= 11 is 0. The van der Waals surface area contributed by atoms with Crippen LogP contribution in [0.1, 0.15) is 38.3 Å². The third-order valence-corrected chi connectivity index (χ3v) is 6.01. The summed E-state index contributed by atoms with van der Waals surface area (Å²) in [6, 6.07) is 10.6. The van der Waals surface area contributed by atoms with Crippen molar-refractivity contribution in [1.29, 1.82) is 0 Å². The molecule has 4 rings (SSSR count). The van der Waals surface area contributed by atoms with Gasteiger partial charge in [-0.1, -0.05) is 37.1 Å². The van der Waals surface area contributed by atoms with Gasteiger partial charge in [0, 0.05) is 25.2 Å². The summed E-state index contributed by atoms with van der Waals surface area (Å²) in [5.41, 5.74) is 2.57. The molecule has 140 valence electrons. The predicted molar refractivity (Wildman–Crippen MR) is 105 cm³/mol. The molecular weight excluding hydrogens is 339 g/mol. The number of likely N-dealkylation sites (tertiary alicyclic amines) is 1. The van der Waals surface area contributed by atoms with Crippen molar-refractivity contribution in [3.63, 3.8) is 0 Å². The zero-order valence-corrected chi connectivity index (χ0v) is 15.6. The number of carbonyl (C=O) groups excluding carboxylic acids is 1. The lowest BCUT2D eigenvalue weighted by molar-refractivity contribution is -0.129. The van der Waals surface area contributed by atoms with Crippen molar-refractivity contribution in [2.24, 2.45) is 11.8 Å². The standard InChI is InChI=1S/C23H25FN2O/c1-16(27)26-15-19-5-2-3-8-22(19)23(26)12-11-21-10-9-18(14-25-21)17-6-4-7-20(24)13-17/h4,6-7,9-14,19,22-23H,2-3,5,8,15H2,1H3/t19-,22-,23-/m0/s1. The van der Waals surface area contributed by atoms with Gasteiger partial charge >= 0.3 is 0 Å². The fraction of sp³-hybridized carbons (Fsp3) is 0.391. The molecule has 0 unspecified atom stereocenters. The normalized spacial score (nSPS) is 25.0. The molecule has 1 aromatic heterocycles. The van der Waals surface area contributed by atoms with Crippen LogP contribution in [0.2, 0.25) is 0 Å². The lowest BCUT2D eigenvalue weighted by Crippen LogP contribution is -2.35. The van der Waals surface area contributed by atoms with E-state index in [1.807, 2.05) is 29.2 Å². The Bertz CT molecular complexity index is 846. The van der Waals surface area contributed by atoms with Crippen LogP contribution in [0, 0.1) is 17.7 Å². The summed E-state index contributed by atoms with van der Waals surface area (Å²) in [5, 5.41) is 0. The van der Waals surface area contributed by atoms with E-state index in [4.69, 9.17) is 0 Å². The molecule has 1 saturated heterocycles. The average Bonchev–Trinajstić information content (AvgIpc) is 3.06. The third-order valence-electron chi connectivity index (χ3n) is 6.01. The molecular formula is C23H25FN2O. The lowest BCUT2D eigenvalue weighted by Gasteiger charge is -2.28. The van der Waals surface area contributed by atoms with E-state index in [-0.39, 0.29) is 17.8 Å². The van der Waals surface area contributed by atoms with E-state index in [2.05, 4.69) is 11.1 Å². The largest absolute Gasteiger partial charge is 0.336 e. The van der Waals surface area contributed by atoms with Gasteiger partial charge in [-0.2, -0.15) is 0 Å². The summed E-state index contributed by atoms with van der Waals surface area (Å²) in [4.78, 5) is 18.6. The van der Waals surface area contributed by atoms with Gasteiger partial charge in [0.15, 0.2) is 0 Å². The zero-order valence-electron chi connectivity index (χ0n) is 15.6. The monoisotopic (exact) mass is 364 g/mol. The first-order chi connectivity index (χ1) is 13.1. The summed E-state index contributed by atoms with van der Waals surface area (Å²) < 4.78 is 13.4.